The molecule has 0 heteroatoms. The van der Waals surface area contributed by atoms with Gasteiger partial charge in [0.15, 0.2) is 0 Å². The van der Waals surface area contributed by atoms with E-state index < -0.39 is 0 Å². The van der Waals surface area contributed by atoms with Crippen LogP contribution in [0.4, 0.5) is 0 Å². The molecule has 0 unspecified atom stereocenters. The molecule has 0 aliphatic carbocycles. The Bertz CT molecular complexity index is 88.2. The standard InChI is InChI=1S/C7H12.C2H6/c1-5-7(4)6(2)3;1-2/h2,4-5H2,1,3H3;1-2H3. The van der Waals surface area contributed by atoms with Crippen molar-refractivity contribution in [1.29, 1.82) is 0 Å². The van der Waals surface area contributed by atoms with Crippen LogP contribution in [0.3, 0.4) is 0 Å². The predicted octanol–water partition coefficient (Wildman–Crippen LogP) is 3.55. The van der Waals surface area contributed by atoms with Crippen molar-refractivity contribution in [2.24, 2.45) is 0 Å². The molecule has 0 aromatic rings. The van der Waals surface area contributed by atoms with Gasteiger partial charge in [0.25, 0.3) is 0 Å². The third-order valence-electron chi connectivity index (χ3n) is 1.03. The summed E-state index contributed by atoms with van der Waals surface area (Å²) in [4.78, 5) is 0. The molecular weight excluding hydrogens is 108 g/mol. The van der Waals surface area contributed by atoms with E-state index in [-0.39, 0.29) is 0 Å². The van der Waals surface area contributed by atoms with Gasteiger partial charge in [-0.05, 0) is 13.3 Å². The molecule has 0 saturated carbocycles. The lowest BCUT2D eigenvalue weighted by molar-refractivity contribution is 1.12. The van der Waals surface area contributed by atoms with Gasteiger partial charge in [0.05, 0.1) is 0 Å². The summed E-state index contributed by atoms with van der Waals surface area (Å²) in [5.74, 6) is 0. The highest BCUT2D eigenvalue weighted by molar-refractivity contribution is 5.21. The summed E-state index contributed by atoms with van der Waals surface area (Å²) in [6, 6.07) is 0. The van der Waals surface area contributed by atoms with Crippen LogP contribution in [0.2, 0.25) is 0 Å². The molecule has 0 aromatic carbocycles. The summed E-state index contributed by atoms with van der Waals surface area (Å²) in [5, 5.41) is 0. The summed E-state index contributed by atoms with van der Waals surface area (Å²) in [6.07, 6.45) is 1.02. The van der Waals surface area contributed by atoms with Crippen molar-refractivity contribution in [2.45, 2.75) is 34.1 Å². The highest BCUT2D eigenvalue weighted by Gasteiger charge is 1.85. The van der Waals surface area contributed by atoms with Crippen molar-refractivity contribution in [3.63, 3.8) is 0 Å². The molecule has 0 aromatic heterocycles. The maximum Gasteiger partial charge on any atom is -0.0311 e. The fraction of sp³-hybridized carbons (Fsp3) is 0.556. The second kappa shape index (κ2) is 7.48. The van der Waals surface area contributed by atoms with Gasteiger partial charge in [-0.2, -0.15) is 0 Å². The van der Waals surface area contributed by atoms with Crippen LogP contribution in [-0.2, 0) is 0 Å². The molecule has 0 spiro atoms. The summed E-state index contributed by atoms with van der Waals surface area (Å²) >= 11 is 0. The van der Waals surface area contributed by atoms with Crippen molar-refractivity contribution in [3.05, 3.63) is 24.3 Å². The van der Waals surface area contributed by atoms with E-state index in [1.807, 2.05) is 20.8 Å². The van der Waals surface area contributed by atoms with Gasteiger partial charge in [-0.1, -0.05) is 45.1 Å². The fourth-order valence-corrected chi connectivity index (χ4v) is 0.302. The van der Waals surface area contributed by atoms with Gasteiger partial charge in [0.2, 0.25) is 0 Å². The molecular formula is C9H18. The Morgan fingerprint density at radius 3 is 1.56 bits per heavy atom. The van der Waals surface area contributed by atoms with Crippen LogP contribution < -0.4 is 0 Å². The second-order valence-electron chi connectivity index (χ2n) is 1.74. The average molecular weight is 126 g/mol. The molecule has 0 bridgehead atoms. The quantitative estimate of drug-likeness (QED) is 0.496. The van der Waals surface area contributed by atoms with Gasteiger partial charge >= 0.3 is 0 Å². The summed E-state index contributed by atoms with van der Waals surface area (Å²) in [6.45, 7) is 15.6. The van der Waals surface area contributed by atoms with E-state index in [2.05, 4.69) is 20.1 Å². The molecule has 0 heterocycles. The van der Waals surface area contributed by atoms with Gasteiger partial charge in [0, 0.05) is 0 Å². The molecule has 0 atom stereocenters. The van der Waals surface area contributed by atoms with Gasteiger partial charge < -0.3 is 0 Å². The lowest BCUT2D eigenvalue weighted by atomic mass is 10.1. The molecule has 9 heavy (non-hydrogen) atoms. The van der Waals surface area contributed by atoms with Crippen molar-refractivity contribution in [2.75, 3.05) is 0 Å². The zero-order valence-electron chi connectivity index (χ0n) is 7.12. The van der Waals surface area contributed by atoms with Crippen LogP contribution in [0.5, 0.6) is 0 Å². The summed E-state index contributed by atoms with van der Waals surface area (Å²) in [7, 11) is 0. The van der Waals surface area contributed by atoms with E-state index in [4.69, 9.17) is 0 Å². The lowest BCUT2D eigenvalue weighted by Gasteiger charge is -1.95. The number of rotatable bonds is 2. The van der Waals surface area contributed by atoms with E-state index >= 15 is 0 Å². The molecule has 0 aliphatic heterocycles. The molecule has 0 fully saturated rings. The van der Waals surface area contributed by atoms with Gasteiger partial charge in [0.1, 0.15) is 0 Å². The zero-order chi connectivity index (χ0) is 7.86. The third kappa shape index (κ3) is 7.48. The third-order valence-corrected chi connectivity index (χ3v) is 1.03. The molecule has 0 saturated heterocycles. The normalized spacial score (nSPS) is 7.11. The number of hydrogen-bond acceptors (Lipinski definition) is 0. The van der Waals surface area contributed by atoms with Crippen molar-refractivity contribution < 1.29 is 0 Å². The largest absolute Gasteiger partial charge is 0.0959 e. The SMILES string of the molecule is C=C(C)C(=C)CC.CC. The highest BCUT2D eigenvalue weighted by Crippen LogP contribution is 2.05. The number of allylic oxidation sites excluding steroid dienone is 2. The Morgan fingerprint density at radius 1 is 1.22 bits per heavy atom. The highest BCUT2D eigenvalue weighted by atomic mass is 13.9. The monoisotopic (exact) mass is 126 g/mol. The van der Waals surface area contributed by atoms with Crippen LogP contribution in [0, 0.1) is 0 Å². The van der Waals surface area contributed by atoms with Crippen LogP contribution in [-0.4, -0.2) is 0 Å². The predicted molar refractivity (Wildman–Crippen MR) is 45.6 cm³/mol. The minimum atomic E-state index is 1.02. The van der Waals surface area contributed by atoms with Crippen molar-refractivity contribution >= 4 is 0 Å². The first-order valence-electron chi connectivity index (χ1n) is 3.52. The molecule has 0 N–H and O–H groups in total. The maximum absolute atomic E-state index is 3.77. The summed E-state index contributed by atoms with van der Waals surface area (Å²) < 4.78 is 0. The van der Waals surface area contributed by atoms with Crippen molar-refractivity contribution in [1.82, 2.24) is 0 Å². The molecule has 54 valence electrons. The molecule has 0 radical (unpaired) electrons. The van der Waals surface area contributed by atoms with E-state index in [0.29, 0.717) is 0 Å². The Balaban J connectivity index is 0. The topological polar surface area (TPSA) is 0 Å². The maximum atomic E-state index is 3.77. The first-order valence-corrected chi connectivity index (χ1v) is 3.52. The molecule has 0 rings (SSSR count). The van der Waals surface area contributed by atoms with Crippen LogP contribution in [0.15, 0.2) is 24.3 Å². The number of hydrogen-bond donors (Lipinski definition) is 0. The average Bonchev–Trinajstić information content (AvgIpc) is 1.91. The van der Waals surface area contributed by atoms with Gasteiger partial charge in [-0.25, -0.2) is 0 Å². The fourth-order valence-electron chi connectivity index (χ4n) is 0.302. The van der Waals surface area contributed by atoms with E-state index in [1.165, 1.54) is 0 Å². The second-order valence-corrected chi connectivity index (χ2v) is 1.74. The lowest BCUT2D eigenvalue weighted by Crippen LogP contribution is -1.74. The Labute approximate surface area is 59.3 Å². The molecule has 0 aliphatic rings. The van der Waals surface area contributed by atoms with Crippen LogP contribution in [0.25, 0.3) is 0 Å². The minimum absolute atomic E-state index is 1.02. The zero-order valence-corrected chi connectivity index (χ0v) is 7.12. The first kappa shape index (κ1) is 11.3. The minimum Gasteiger partial charge on any atom is -0.0959 e. The van der Waals surface area contributed by atoms with Crippen LogP contribution in [0.1, 0.15) is 34.1 Å². The van der Waals surface area contributed by atoms with E-state index in [0.717, 1.165) is 17.6 Å². The van der Waals surface area contributed by atoms with Gasteiger partial charge in [-0.3, -0.25) is 0 Å². The Morgan fingerprint density at radius 2 is 1.56 bits per heavy atom. The molecule has 0 amide bonds. The van der Waals surface area contributed by atoms with Gasteiger partial charge in [-0.15, -0.1) is 0 Å². The first-order chi connectivity index (χ1) is 4.18. The Hall–Kier alpha value is -0.520. The Kier molecular flexibility index (Phi) is 9.39. The molecule has 0 nitrogen and oxygen atoms in total. The van der Waals surface area contributed by atoms with Crippen LogP contribution >= 0.6 is 0 Å². The smallest absolute Gasteiger partial charge is 0.0311 e. The van der Waals surface area contributed by atoms with Crippen molar-refractivity contribution in [3.8, 4) is 0 Å². The van der Waals surface area contributed by atoms with E-state index in [1.54, 1.807) is 0 Å². The summed E-state index contributed by atoms with van der Waals surface area (Å²) in [5.41, 5.74) is 2.25. The van der Waals surface area contributed by atoms with E-state index in [9.17, 15) is 0 Å².